The Morgan fingerprint density at radius 1 is 0.969 bits per heavy atom. The van der Waals surface area contributed by atoms with Crippen molar-refractivity contribution in [3.05, 3.63) is 76.5 Å². The number of halogens is 2. The lowest BCUT2D eigenvalue weighted by atomic mass is 10.1. The van der Waals surface area contributed by atoms with E-state index in [4.69, 9.17) is 14.2 Å². The maximum Gasteiger partial charge on any atom is 0.308 e. The molecular formula is C24H21BrFNO5. The number of carbonyl (C=O) groups is 2. The quantitative estimate of drug-likeness (QED) is 0.308. The number of benzene rings is 3. The lowest BCUT2D eigenvalue weighted by Gasteiger charge is -2.14. The molecule has 0 radical (unpaired) electrons. The average molecular weight is 502 g/mol. The molecule has 1 amide bonds. The first-order valence-electron chi connectivity index (χ1n) is 9.72. The Kier molecular flexibility index (Phi) is 7.83. The zero-order valence-corrected chi connectivity index (χ0v) is 19.1. The first-order chi connectivity index (χ1) is 15.3. The lowest BCUT2D eigenvalue weighted by Crippen LogP contribution is -2.14. The first kappa shape index (κ1) is 23.3. The maximum atomic E-state index is 13.8. The van der Waals surface area contributed by atoms with Crippen LogP contribution in [-0.4, -0.2) is 19.0 Å². The van der Waals surface area contributed by atoms with Crippen LogP contribution in [0, 0.1) is 5.82 Å². The van der Waals surface area contributed by atoms with Crippen molar-refractivity contribution in [3.63, 3.8) is 0 Å². The Morgan fingerprint density at radius 3 is 2.34 bits per heavy atom. The van der Waals surface area contributed by atoms with E-state index in [2.05, 4.69) is 21.2 Å². The van der Waals surface area contributed by atoms with Gasteiger partial charge in [0.25, 0.3) is 0 Å². The van der Waals surface area contributed by atoms with Gasteiger partial charge in [-0.1, -0.05) is 15.9 Å². The van der Waals surface area contributed by atoms with E-state index < -0.39 is 11.8 Å². The van der Waals surface area contributed by atoms with E-state index in [1.807, 2.05) is 12.1 Å². The summed E-state index contributed by atoms with van der Waals surface area (Å²) in [6.07, 6.45) is 0.347. The van der Waals surface area contributed by atoms with Crippen molar-refractivity contribution in [1.82, 2.24) is 0 Å². The summed E-state index contributed by atoms with van der Waals surface area (Å²) in [5.74, 6) is 0.459. The van der Waals surface area contributed by atoms with Crippen molar-refractivity contribution in [3.8, 4) is 23.0 Å². The molecule has 1 N–H and O–H groups in total. The van der Waals surface area contributed by atoms with Crippen LogP contribution in [0.15, 0.2) is 65.1 Å². The Bertz CT molecular complexity index is 1120. The van der Waals surface area contributed by atoms with Gasteiger partial charge in [0.1, 0.15) is 23.1 Å². The van der Waals surface area contributed by atoms with Gasteiger partial charge < -0.3 is 19.5 Å². The Labute approximate surface area is 193 Å². The second-order valence-corrected chi connectivity index (χ2v) is 7.73. The number of ether oxygens (including phenoxy) is 3. The third kappa shape index (κ3) is 6.55. The van der Waals surface area contributed by atoms with Gasteiger partial charge in [0.05, 0.1) is 12.8 Å². The van der Waals surface area contributed by atoms with E-state index in [1.165, 1.54) is 32.2 Å². The van der Waals surface area contributed by atoms with Crippen LogP contribution in [0.3, 0.4) is 0 Å². The van der Waals surface area contributed by atoms with Crippen LogP contribution in [-0.2, 0) is 16.0 Å². The summed E-state index contributed by atoms with van der Waals surface area (Å²) in [6, 6.07) is 16.0. The highest BCUT2D eigenvalue weighted by atomic mass is 79.9. The number of nitrogens with one attached hydrogen (secondary N) is 1. The zero-order chi connectivity index (χ0) is 23.1. The average Bonchev–Trinajstić information content (AvgIpc) is 2.76. The van der Waals surface area contributed by atoms with Crippen molar-refractivity contribution in [1.29, 1.82) is 0 Å². The van der Waals surface area contributed by atoms with E-state index in [0.29, 0.717) is 28.6 Å². The molecule has 0 atom stereocenters. The van der Waals surface area contributed by atoms with Crippen LogP contribution in [0.25, 0.3) is 0 Å². The van der Waals surface area contributed by atoms with E-state index >= 15 is 0 Å². The van der Waals surface area contributed by atoms with Crippen molar-refractivity contribution >= 4 is 33.5 Å². The summed E-state index contributed by atoms with van der Waals surface area (Å²) >= 11 is 3.35. The van der Waals surface area contributed by atoms with Crippen molar-refractivity contribution in [2.24, 2.45) is 0 Å². The number of hydrogen-bond donors (Lipinski definition) is 1. The molecule has 0 saturated heterocycles. The summed E-state index contributed by atoms with van der Waals surface area (Å²) in [4.78, 5) is 24.0. The van der Waals surface area contributed by atoms with Gasteiger partial charge in [-0.15, -0.1) is 0 Å². The number of rotatable bonds is 8. The highest BCUT2D eigenvalue weighted by Crippen LogP contribution is 2.31. The number of methoxy groups -OCH3 is 1. The fourth-order valence-electron chi connectivity index (χ4n) is 2.91. The van der Waals surface area contributed by atoms with Gasteiger partial charge in [-0.25, -0.2) is 4.39 Å². The molecule has 3 rings (SSSR count). The second-order valence-electron chi connectivity index (χ2n) is 6.81. The predicted octanol–water partition coefficient (Wildman–Crippen LogP) is 5.89. The first-order valence-corrected chi connectivity index (χ1v) is 10.5. The van der Waals surface area contributed by atoms with Gasteiger partial charge in [0, 0.05) is 23.9 Å². The Hall–Kier alpha value is -3.39. The number of aryl methyl sites for hydroxylation is 1. The SMILES string of the molecule is COc1ccc(OC(C)=O)c(CCC(=O)Nc2cc(F)ccc2Oc2ccc(Br)cc2)c1. The molecule has 0 spiro atoms. The van der Waals surface area contributed by atoms with E-state index in [-0.39, 0.29) is 24.4 Å². The highest BCUT2D eigenvalue weighted by molar-refractivity contribution is 9.10. The van der Waals surface area contributed by atoms with Crippen LogP contribution in [0.5, 0.6) is 23.0 Å². The summed E-state index contributed by atoms with van der Waals surface area (Å²) in [6.45, 7) is 1.30. The topological polar surface area (TPSA) is 73.9 Å². The molecule has 8 heteroatoms. The van der Waals surface area contributed by atoms with Gasteiger partial charge in [0.15, 0.2) is 5.75 Å². The van der Waals surface area contributed by atoms with Gasteiger partial charge in [-0.05, 0) is 66.6 Å². The molecule has 166 valence electrons. The number of hydrogen-bond acceptors (Lipinski definition) is 5. The van der Waals surface area contributed by atoms with Crippen molar-refractivity contribution in [2.45, 2.75) is 19.8 Å². The summed E-state index contributed by atoms with van der Waals surface area (Å²) < 4.78 is 30.9. The van der Waals surface area contributed by atoms with Gasteiger partial charge in [-0.3, -0.25) is 9.59 Å². The molecule has 0 aliphatic carbocycles. The molecular weight excluding hydrogens is 481 g/mol. The molecule has 0 heterocycles. The molecule has 0 aliphatic heterocycles. The lowest BCUT2D eigenvalue weighted by molar-refractivity contribution is -0.131. The molecule has 32 heavy (non-hydrogen) atoms. The fraction of sp³-hybridized carbons (Fsp3) is 0.167. The molecule has 0 aliphatic rings. The normalized spacial score (nSPS) is 10.4. The largest absolute Gasteiger partial charge is 0.497 e. The van der Waals surface area contributed by atoms with E-state index in [1.54, 1.807) is 30.3 Å². The van der Waals surface area contributed by atoms with E-state index in [0.717, 1.165) is 4.47 Å². The standard InChI is InChI=1S/C24H21BrFNO5/c1-15(28)31-22-11-9-20(30-2)13-16(22)3-12-24(29)27-21-14-18(26)6-10-23(21)32-19-7-4-17(25)5-8-19/h4-11,13-14H,3,12H2,1-2H3,(H,27,29). The number of esters is 1. The zero-order valence-electron chi connectivity index (χ0n) is 17.5. The number of anilines is 1. The molecule has 0 fully saturated rings. The highest BCUT2D eigenvalue weighted by Gasteiger charge is 2.14. The van der Waals surface area contributed by atoms with Crippen LogP contribution in [0.1, 0.15) is 18.9 Å². The molecule has 0 unspecified atom stereocenters. The molecule has 0 aromatic heterocycles. The molecule has 0 bridgehead atoms. The van der Waals surface area contributed by atoms with Gasteiger partial charge in [-0.2, -0.15) is 0 Å². The Balaban J connectivity index is 1.72. The number of carbonyl (C=O) groups excluding carboxylic acids is 2. The van der Waals surface area contributed by atoms with Crippen LogP contribution < -0.4 is 19.5 Å². The van der Waals surface area contributed by atoms with Crippen LogP contribution >= 0.6 is 15.9 Å². The fourth-order valence-corrected chi connectivity index (χ4v) is 3.18. The Morgan fingerprint density at radius 2 is 1.66 bits per heavy atom. The molecule has 0 saturated carbocycles. The molecule has 3 aromatic rings. The maximum absolute atomic E-state index is 13.8. The van der Waals surface area contributed by atoms with Gasteiger partial charge in [0.2, 0.25) is 5.91 Å². The van der Waals surface area contributed by atoms with Gasteiger partial charge >= 0.3 is 5.97 Å². The monoisotopic (exact) mass is 501 g/mol. The summed E-state index contributed by atoms with van der Waals surface area (Å²) in [5, 5.41) is 2.69. The van der Waals surface area contributed by atoms with Crippen LogP contribution in [0.2, 0.25) is 0 Å². The smallest absolute Gasteiger partial charge is 0.308 e. The summed E-state index contributed by atoms with van der Waals surface area (Å²) in [7, 11) is 1.52. The predicted molar refractivity (Wildman–Crippen MR) is 122 cm³/mol. The minimum absolute atomic E-state index is 0.0651. The minimum atomic E-state index is -0.506. The molecule has 6 nitrogen and oxygen atoms in total. The summed E-state index contributed by atoms with van der Waals surface area (Å²) in [5.41, 5.74) is 0.851. The third-order valence-electron chi connectivity index (χ3n) is 4.40. The third-order valence-corrected chi connectivity index (χ3v) is 4.93. The van der Waals surface area contributed by atoms with Crippen LogP contribution in [0.4, 0.5) is 10.1 Å². The molecule has 3 aromatic carbocycles. The van der Waals surface area contributed by atoms with Crippen molar-refractivity contribution < 1.29 is 28.2 Å². The second kappa shape index (κ2) is 10.8. The van der Waals surface area contributed by atoms with E-state index in [9.17, 15) is 14.0 Å². The minimum Gasteiger partial charge on any atom is -0.497 e. The number of amides is 1. The van der Waals surface area contributed by atoms with Crippen molar-refractivity contribution in [2.75, 3.05) is 12.4 Å².